The van der Waals surface area contributed by atoms with E-state index in [0.29, 0.717) is 6.04 Å². The van der Waals surface area contributed by atoms with Gasteiger partial charge >= 0.3 is 0 Å². The van der Waals surface area contributed by atoms with Gasteiger partial charge < -0.3 is 9.64 Å². The molecule has 0 radical (unpaired) electrons. The molecule has 0 spiro atoms. The van der Waals surface area contributed by atoms with E-state index in [-0.39, 0.29) is 12.1 Å². The second-order valence-electron chi connectivity index (χ2n) is 8.08. The quantitative estimate of drug-likeness (QED) is 0.611. The average Bonchev–Trinajstić information content (AvgIpc) is 3.51. The third-order valence-electron chi connectivity index (χ3n) is 5.72. The number of benzene rings is 2. The lowest BCUT2D eigenvalue weighted by atomic mass is 9.95. The lowest BCUT2D eigenvalue weighted by molar-refractivity contribution is 0.341. The zero-order valence-electron chi connectivity index (χ0n) is 17.1. The third-order valence-corrected chi connectivity index (χ3v) is 5.72. The molecule has 0 saturated heterocycles. The molecule has 0 bridgehead atoms. The van der Waals surface area contributed by atoms with Crippen LogP contribution in [-0.2, 0) is 0 Å². The summed E-state index contributed by atoms with van der Waals surface area (Å²) < 4.78 is 7.43. The molecule has 1 atom stereocenters. The van der Waals surface area contributed by atoms with Gasteiger partial charge in [-0.15, -0.1) is 0 Å². The Kier molecular flexibility index (Phi) is 4.38. The number of hydrogen-bond acceptors (Lipinski definition) is 4. The van der Waals surface area contributed by atoms with Crippen molar-refractivity contribution in [2.24, 2.45) is 4.99 Å². The van der Waals surface area contributed by atoms with Crippen LogP contribution in [0.25, 0.3) is 0 Å². The van der Waals surface area contributed by atoms with Crippen molar-refractivity contribution in [3.05, 3.63) is 77.5 Å². The minimum Gasteiger partial charge on any atom is -0.497 e. The van der Waals surface area contributed by atoms with Gasteiger partial charge in [-0.2, -0.15) is 5.10 Å². The predicted octanol–water partition coefficient (Wildman–Crippen LogP) is 5.12. The lowest BCUT2D eigenvalue weighted by Gasteiger charge is -2.38. The molecule has 2 heterocycles. The summed E-state index contributed by atoms with van der Waals surface area (Å²) in [6.07, 6.45) is 4.41. The maximum Gasteiger partial charge on any atom is 0.158 e. The third kappa shape index (κ3) is 3.11. The second-order valence-corrected chi connectivity index (χ2v) is 8.08. The molecule has 5 rings (SSSR count). The molecule has 1 aliphatic heterocycles. The summed E-state index contributed by atoms with van der Waals surface area (Å²) in [5, 5.41) is 4.71. The summed E-state index contributed by atoms with van der Waals surface area (Å²) >= 11 is 0. The SMILES string of the molecule is COc1ccc(C2c3cnn(C(C)C)c3N=C(c3ccccc3)N2C2CC2)cc1. The molecule has 5 heteroatoms. The fourth-order valence-electron chi connectivity index (χ4n) is 4.15. The normalized spacial score (nSPS) is 18.6. The van der Waals surface area contributed by atoms with Crippen molar-refractivity contribution >= 4 is 11.7 Å². The van der Waals surface area contributed by atoms with Crippen LogP contribution in [0.1, 0.15) is 55.5 Å². The van der Waals surface area contributed by atoms with Gasteiger partial charge in [-0.05, 0) is 44.4 Å². The zero-order valence-corrected chi connectivity index (χ0v) is 17.1. The van der Waals surface area contributed by atoms with Crippen molar-refractivity contribution in [1.29, 1.82) is 0 Å². The molecule has 5 nitrogen and oxygen atoms in total. The second kappa shape index (κ2) is 7.07. The Morgan fingerprint density at radius 1 is 1.00 bits per heavy atom. The molecular formula is C24H26N4O. The van der Waals surface area contributed by atoms with Gasteiger partial charge in [0.25, 0.3) is 0 Å². The summed E-state index contributed by atoms with van der Waals surface area (Å²) in [6.45, 7) is 4.31. The van der Waals surface area contributed by atoms with Crippen LogP contribution < -0.4 is 4.74 Å². The average molecular weight is 386 g/mol. The van der Waals surface area contributed by atoms with E-state index >= 15 is 0 Å². The number of aromatic nitrogens is 2. The van der Waals surface area contributed by atoms with Crippen LogP contribution >= 0.6 is 0 Å². The summed E-state index contributed by atoms with van der Waals surface area (Å²) in [4.78, 5) is 7.67. The van der Waals surface area contributed by atoms with Gasteiger partial charge in [0.05, 0.1) is 19.3 Å². The number of rotatable bonds is 5. The number of aliphatic imine (C=N–C) groups is 1. The highest BCUT2D eigenvalue weighted by Gasteiger charge is 2.42. The lowest BCUT2D eigenvalue weighted by Crippen LogP contribution is -2.40. The van der Waals surface area contributed by atoms with E-state index in [2.05, 4.69) is 61.2 Å². The van der Waals surface area contributed by atoms with Crippen LogP contribution in [0.2, 0.25) is 0 Å². The van der Waals surface area contributed by atoms with Gasteiger partial charge in [-0.25, -0.2) is 9.67 Å². The fraction of sp³-hybridized carbons (Fsp3) is 0.333. The summed E-state index contributed by atoms with van der Waals surface area (Å²) in [5.74, 6) is 2.89. The van der Waals surface area contributed by atoms with Crippen molar-refractivity contribution in [2.45, 2.75) is 44.8 Å². The first-order valence-corrected chi connectivity index (χ1v) is 10.3. The van der Waals surface area contributed by atoms with Crippen LogP contribution in [0.5, 0.6) is 5.75 Å². The van der Waals surface area contributed by atoms with Gasteiger partial charge in [-0.1, -0.05) is 42.5 Å². The molecule has 0 amide bonds. The van der Waals surface area contributed by atoms with Crippen LogP contribution in [-0.4, -0.2) is 33.7 Å². The maximum absolute atomic E-state index is 5.38. The molecule has 0 N–H and O–H groups in total. The standard InChI is InChI=1S/C24H26N4O/c1-16(2)28-24-21(15-25-28)22(17-9-13-20(29-3)14-10-17)27(19-11-12-19)23(26-24)18-7-5-4-6-8-18/h4-10,13-16,19,22H,11-12H2,1-3H3. The minimum atomic E-state index is 0.101. The van der Waals surface area contributed by atoms with Crippen molar-refractivity contribution in [3.63, 3.8) is 0 Å². The molecule has 2 aliphatic rings. The van der Waals surface area contributed by atoms with E-state index in [9.17, 15) is 0 Å². The highest BCUT2D eigenvalue weighted by atomic mass is 16.5. The Hall–Kier alpha value is -3.08. The smallest absolute Gasteiger partial charge is 0.158 e. The monoisotopic (exact) mass is 386 g/mol. The van der Waals surface area contributed by atoms with E-state index in [4.69, 9.17) is 14.8 Å². The Labute approximate surface area is 171 Å². The maximum atomic E-state index is 5.38. The van der Waals surface area contributed by atoms with E-state index < -0.39 is 0 Å². The molecule has 29 heavy (non-hydrogen) atoms. The number of ether oxygens (including phenoxy) is 1. The molecule has 1 unspecified atom stereocenters. The van der Waals surface area contributed by atoms with Crippen molar-refractivity contribution in [3.8, 4) is 5.75 Å². The highest BCUT2D eigenvalue weighted by molar-refractivity contribution is 6.02. The van der Waals surface area contributed by atoms with Crippen molar-refractivity contribution < 1.29 is 4.74 Å². The van der Waals surface area contributed by atoms with Crippen LogP contribution in [0.15, 0.2) is 65.8 Å². The van der Waals surface area contributed by atoms with E-state index in [1.54, 1.807) is 7.11 Å². The van der Waals surface area contributed by atoms with E-state index in [1.165, 1.54) is 24.0 Å². The summed E-state index contributed by atoms with van der Waals surface area (Å²) in [6, 6.07) is 19.8. The molecule has 1 saturated carbocycles. The van der Waals surface area contributed by atoms with E-state index in [0.717, 1.165) is 23.0 Å². The molecular weight excluding hydrogens is 360 g/mol. The van der Waals surface area contributed by atoms with Gasteiger partial charge in [0.15, 0.2) is 5.82 Å². The van der Waals surface area contributed by atoms with E-state index in [1.807, 2.05) is 23.0 Å². The van der Waals surface area contributed by atoms with Crippen LogP contribution in [0, 0.1) is 0 Å². The molecule has 148 valence electrons. The topological polar surface area (TPSA) is 42.6 Å². The Morgan fingerprint density at radius 3 is 2.34 bits per heavy atom. The predicted molar refractivity (Wildman–Crippen MR) is 115 cm³/mol. The Morgan fingerprint density at radius 2 is 1.72 bits per heavy atom. The first-order valence-electron chi connectivity index (χ1n) is 10.3. The Balaban J connectivity index is 1.71. The number of amidine groups is 1. The molecule has 3 aromatic rings. The summed E-state index contributed by atoms with van der Waals surface area (Å²) in [5.41, 5.74) is 3.57. The summed E-state index contributed by atoms with van der Waals surface area (Å²) in [7, 11) is 1.71. The van der Waals surface area contributed by atoms with Gasteiger partial charge in [0, 0.05) is 23.2 Å². The van der Waals surface area contributed by atoms with Gasteiger partial charge in [0.2, 0.25) is 0 Å². The van der Waals surface area contributed by atoms with Crippen LogP contribution in [0.4, 0.5) is 5.82 Å². The van der Waals surface area contributed by atoms with Gasteiger partial charge in [-0.3, -0.25) is 0 Å². The molecule has 2 aromatic carbocycles. The molecule has 1 aromatic heterocycles. The number of nitrogens with zero attached hydrogens (tertiary/aromatic N) is 4. The first-order chi connectivity index (χ1) is 14.2. The number of methoxy groups -OCH3 is 1. The first kappa shape index (κ1) is 18.0. The largest absolute Gasteiger partial charge is 0.497 e. The van der Waals surface area contributed by atoms with Crippen molar-refractivity contribution in [2.75, 3.05) is 7.11 Å². The molecule has 1 fully saturated rings. The zero-order chi connectivity index (χ0) is 20.0. The molecule has 1 aliphatic carbocycles. The number of fused-ring (bicyclic) bond motifs is 1. The fourth-order valence-corrected chi connectivity index (χ4v) is 4.15. The van der Waals surface area contributed by atoms with Crippen LogP contribution in [0.3, 0.4) is 0 Å². The van der Waals surface area contributed by atoms with Gasteiger partial charge in [0.1, 0.15) is 11.6 Å². The Bertz CT molecular complexity index is 1030. The number of hydrogen-bond donors (Lipinski definition) is 0. The van der Waals surface area contributed by atoms with Crippen molar-refractivity contribution in [1.82, 2.24) is 14.7 Å². The highest BCUT2D eigenvalue weighted by Crippen LogP contribution is 2.46. The minimum absolute atomic E-state index is 0.101.